The molecule has 1 aromatic carbocycles. The first-order chi connectivity index (χ1) is 12.1. The standard InChI is InChI=1S/C20H26N2O3/c1-21-19(24)17(15-5-3-2-4-6-15)13-20(21)8-10-22(11-9-20)18(23)16-7-12-25-14-16/h2-6,16-17H,7-14H2,1H3. The van der Waals surface area contributed by atoms with E-state index in [2.05, 4.69) is 0 Å². The van der Waals surface area contributed by atoms with Crippen molar-refractivity contribution in [3.8, 4) is 0 Å². The molecule has 3 saturated heterocycles. The van der Waals surface area contributed by atoms with Gasteiger partial charge in [0, 0.05) is 32.3 Å². The van der Waals surface area contributed by atoms with Crippen molar-refractivity contribution in [2.24, 2.45) is 5.92 Å². The van der Waals surface area contributed by atoms with Crippen molar-refractivity contribution in [3.63, 3.8) is 0 Å². The molecular weight excluding hydrogens is 316 g/mol. The van der Waals surface area contributed by atoms with Crippen LogP contribution in [-0.2, 0) is 14.3 Å². The van der Waals surface area contributed by atoms with E-state index in [9.17, 15) is 9.59 Å². The fourth-order valence-corrected chi connectivity index (χ4v) is 4.69. The summed E-state index contributed by atoms with van der Waals surface area (Å²) in [5.74, 6) is 0.444. The number of carbonyl (C=O) groups is 2. The number of carbonyl (C=O) groups excluding carboxylic acids is 2. The summed E-state index contributed by atoms with van der Waals surface area (Å²) in [5, 5.41) is 0. The van der Waals surface area contributed by atoms with Crippen LogP contribution < -0.4 is 0 Å². The Hall–Kier alpha value is -1.88. The number of benzene rings is 1. The molecule has 0 saturated carbocycles. The van der Waals surface area contributed by atoms with E-state index >= 15 is 0 Å². The molecule has 0 radical (unpaired) electrons. The predicted molar refractivity (Wildman–Crippen MR) is 94.0 cm³/mol. The lowest BCUT2D eigenvalue weighted by molar-refractivity contribution is -0.139. The molecule has 3 aliphatic heterocycles. The summed E-state index contributed by atoms with van der Waals surface area (Å²) in [6.45, 7) is 2.75. The lowest BCUT2D eigenvalue weighted by Crippen LogP contribution is -2.53. The van der Waals surface area contributed by atoms with Crippen LogP contribution in [-0.4, -0.2) is 60.5 Å². The van der Waals surface area contributed by atoms with Crippen LogP contribution in [0.5, 0.6) is 0 Å². The Kier molecular flexibility index (Phi) is 4.28. The van der Waals surface area contributed by atoms with E-state index < -0.39 is 0 Å². The maximum absolute atomic E-state index is 12.8. The molecule has 2 unspecified atom stereocenters. The van der Waals surface area contributed by atoms with Gasteiger partial charge in [0.05, 0.1) is 18.4 Å². The molecular formula is C20H26N2O3. The highest BCUT2D eigenvalue weighted by Crippen LogP contribution is 2.45. The summed E-state index contributed by atoms with van der Waals surface area (Å²) in [6.07, 6.45) is 3.45. The van der Waals surface area contributed by atoms with Gasteiger partial charge in [0.2, 0.25) is 11.8 Å². The minimum atomic E-state index is -0.0967. The average molecular weight is 342 g/mol. The van der Waals surface area contributed by atoms with Crippen LogP contribution >= 0.6 is 0 Å². The fraction of sp³-hybridized carbons (Fsp3) is 0.600. The van der Waals surface area contributed by atoms with E-state index in [1.54, 1.807) is 0 Å². The first-order valence-corrected chi connectivity index (χ1v) is 9.30. The minimum Gasteiger partial charge on any atom is -0.381 e. The zero-order valence-corrected chi connectivity index (χ0v) is 14.8. The summed E-state index contributed by atoms with van der Waals surface area (Å²) < 4.78 is 5.36. The number of likely N-dealkylation sites (tertiary alicyclic amines) is 2. The van der Waals surface area contributed by atoms with Gasteiger partial charge in [-0.15, -0.1) is 0 Å². The summed E-state index contributed by atoms with van der Waals surface area (Å²) >= 11 is 0. The molecule has 5 heteroatoms. The van der Waals surface area contributed by atoms with Crippen molar-refractivity contribution in [3.05, 3.63) is 35.9 Å². The summed E-state index contributed by atoms with van der Waals surface area (Å²) in [7, 11) is 1.94. The highest BCUT2D eigenvalue weighted by molar-refractivity contribution is 5.87. The van der Waals surface area contributed by atoms with Gasteiger partial charge in [-0.05, 0) is 31.2 Å². The third kappa shape index (κ3) is 2.84. The van der Waals surface area contributed by atoms with Crippen molar-refractivity contribution in [2.75, 3.05) is 33.4 Å². The Labute approximate surface area is 148 Å². The largest absolute Gasteiger partial charge is 0.381 e. The number of hydrogen-bond acceptors (Lipinski definition) is 3. The van der Waals surface area contributed by atoms with Gasteiger partial charge in [0.25, 0.3) is 0 Å². The third-order valence-corrected chi connectivity index (χ3v) is 6.41. The number of piperidine rings is 1. The first-order valence-electron chi connectivity index (χ1n) is 9.30. The Morgan fingerprint density at radius 2 is 1.92 bits per heavy atom. The molecule has 0 bridgehead atoms. The monoisotopic (exact) mass is 342 g/mol. The maximum Gasteiger partial charge on any atom is 0.230 e. The summed E-state index contributed by atoms with van der Waals surface area (Å²) in [4.78, 5) is 29.4. The lowest BCUT2D eigenvalue weighted by atomic mass is 9.81. The molecule has 2 amide bonds. The van der Waals surface area contributed by atoms with Gasteiger partial charge in [0.15, 0.2) is 0 Å². The molecule has 1 aromatic rings. The van der Waals surface area contributed by atoms with Gasteiger partial charge in [0.1, 0.15) is 0 Å². The number of likely N-dealkylation sites (N-methyl/N-ethyl adjacent to an activating group) is 1. The molecule has 3 aliphatic rings. The summed E-state index contributed by atoms with van der Waals surface area (Å²) in [5.41, 5.74) is 1.01. The molecule has 0 N–H and O–H groups in total. The molecule has 25 heavy (non-hydrogen) atoms. The van der Waals surface area contributed by atoms with Crippen molar-refractivity contribution >= 4 is 11.8 Å². The molecule has 134 valence electrons. The lowest BCUT2D eigenvalue weighted by Gasteiger charge is -2.44. The molecule has 0 aliphatic carbocycles. The van der Waals surface area contributed by atoms with E-state index in [4.69, 9.17) is 4.74 Å². The molecule has 3 heterocycles. The second-order valence-electron chi connectivity index (χ2n) is 7.67. The van der Waals surface area contributed by atoms with Crippen molar-refractivity contribution in [1.82, 2.24) is 9.80 Å². The topological polar surface area (TPSA) is 49.9 Å². The van der Waals surface area contributed by atoms with Crippen LogP contribution in [0.1, 0.15) is 37.2 Å². The van der Waals surface area contributed by atoms with Crippen LogP contribution in [0.3, 0.4) is 0 Å². The van der Waals surface area contributed by atoms with Crippen LogP contribution in [0.4, 0.5) is 0 Å². The SMILES string of the molecule is CN1C(=O)C(c2ccccc2)CC12CCN(C(=O)C1CCOC1)CC2. The predicted octanol–water partition coefficient (Wildman–Crippen LogP) is 2.03. The van der Waals surface area contributed by atoms with Gasteiger partial charge in [-0.2, -0.15) is 0 Å². The van der Waals surface area contributed by atoms with Crippen LogP contribution in [0.2, 0.25) is 0 Å². The molecule has 5 nitrogen and oxygen atoms in total. The first kappa shape index (κ1) is 16.6. The Balaban J connectivity index is 1.45. The molecule has 2 atom stereocenters. The van der Waals surface area contributed by atoms with E-state index in [1.165, 1.54) is 0 Å². The number of nitrogens with zero attached hydrogens (tertiary/aromatic N) is 2. The van der Waals surface area contributed by atoms with Crippen molar-refractivity contribution < 1.29 is 14.3 Å². The van der Waals surface area contributed by atoms with Gasteiger partial charge in [-0.1, -0.05) is 30.3 Å². The van der Waals surface area contributed by atoms with Crippen molar-refractivity contribution in [2.45, 2.75) is 37.1 Å². The smallest absolute Gasteiger partial charge is 0.230 e. The van der Waals surface area contributed by atoms with Crippen LogP contribution in [0.25, 0.3) is 0 Å². The minimum absolute atomic E-state index is 0.0362. The van der Waals surface area contributed by atoms with Crippen molar-refractivity contribution in [1.29, 1.82) is 0 Å². The average Bonchev–Trinajstić information content (AvgIpc) is 3.27. The highest BCUT2D eigenvalue weighted by Gasteiger charge is 2.51. The highest BCUT2D eigenvalue weighted by atomic mass is 16.5. The number of amides is 2. The Bertz CT molecular complexity index is 646. The zero-order valence-electron chi connectivity index (χ0n) is 14.8. The van der Waals surface area contributed by atoms with E-state index in [-0.39, 0.29) is 29.2 Å². The van der Waals surface area contributed by atoms with E-state index in [0.29, 0.717) is 13.2 Å². The summed E-state index contributed by atoms with van der Waals surface area (Å²) in [6, 6.07) is 10.1. The third-order valence-electron chi connectivity index (χ3n) is 6.41. The molecule has 1 spiro atoms. The van der Waals surface area contributed by atoms with E-state index in [1.807, 2.05) is 47.2 Å². The molecule has 0 aromatic heterocycles. The van der Waals surface area contributed by atoms with Crippen LogP contribution in [0.15, 0.2) is 30.3 Å². The Morgan fingerprint density at radius 1 is 1.20 bits per heavy atom. The van der Waals surface area contributed by atoms with Gasteiger partial charge >= 0.3 is 0 Å². The van der Waals surface area contributed by atoms with Gasteiger partial charge in [-0.25, -0.2) is 0 Å². The number of hydrogen-bond donors (Lipinski definition) is 0. The number of ether oxygens (including phenoxy) is 1. The zero-order chi connectivity index (χ0) is 17.4. The van der Waals surface area contributed by atoms with Gasteiger partial charge < -0.3 is 14.5 Å². The fourth-order valence-electron chi connectivity index (χ4n) is 4.69. The van der Waals surface area contributed by atoms with E-state index in [0.717, 1.165) is 44.3 Å². The van der Waals surface area contributed by atoms with Crippen LogP contribution in [0, 0.1) is 5.92 Å². The normalized spacial score (nSPS) is 28.8. The Morgan fingerprint density at radius 3 is 2.56 bits per heavy atom. The molecule has 3 fully saturated rings. The number of rotatable bonds is 2. The second-order valence-corrected chi connectivity index (χ2v) is 7.67. The second kappa shape index (κ2) is 6.45. The maximum atomic E-state index is 12.8. The van der Waals surface area contributed by atoms with Gasteiger partial charge in [-0.3, -0.25) is 9.59 Å². The molecule has 4 rings (SSSR count). The quantitative estimate of drug-likeness (QED) is 0.826.